The quantitative estimate of drug-likeness (QED) is 0.735. The highest BCUT2D eigenvalue weighted by atomic mass is 19.1. The maximum absolute atomic E-state index is 14.3. The van der Waals surface area contributed by atoms with Crippen LogP contribution in [-0.4, -0.2) is 10.2 Å². The summed E-state index contributed by atoms with van der Waals surface area (Å²) >= 11 is 0. The van der Waals surface area contributed by atoms with Crippen molar-refractivity contribution in [1.29, 1.82) is 0 Å². The second-order valence-corrected chi connectivity index (χ2v) is 4.89. The topological polar surface area (TPSA) is 45.8 Å². The molecule has 3 rings (SSSR count). The summed E-state index contributed by atoms with van der Waals surface area (Å²) in [5, 5.41) is 7.65. The summed E-state index contributed by atoms with van der Waals surface area (Å²) in [7, 11) is 0. The van der Waals surface area contributed by atoms with Gasteiger partial charge in [0.15, 0.2) is 0 Å². The Morgan fingerprint density at radius 2 is 1.80 bits per heavy atom. The number of benzene rings is 2. The van der Waals surface area contributed by atoms with Crippen molar-refractivity contribution in [1.82, 2.24) is 10.2 Å². The van der Waals surface area contributed by atoms with Crippen LogP contribution in [0.2, 0.25) is 0 Å². The van der Waals surface area contributed by atoms with Crippen LogP contribution in [-0.2, 0) is 0 Å². The zero-order chi connectivity index (χ0) is 14.3. The minimum Gasteiger partial charge on any atom is -0.267 e. The maximum atomic E-state index is 14.3. The van der Waals surface area contributed by atoms with Crippen molar-refractivity contribution in [3.05, 3.63) is 63.7 Å². The summed E-state index contributed by atoms with van der Waals surface area (Å²) < 4.78 is 14.3. The Kier molecular flexibility index (Phi) is 2.86. The number of hydrogen-bond acceptors (Lipinski definition) is 2. The van der Waals surface area contributed by atoms with E-state index < -0.39 is 0 Å². The molecule has 1 aromatic heterocycles. The Hall–Kier alpha value is -2.49. The first-order valence-corrected chi connectivity index (χ1v) is 6.32. The third-order valence-corrected chi connectivity index (χ3v) is 3.36. The fourth-order valence-electron chi connectivity index (χ4n) is 2.52. The van der Waals surface area contributed by atoms with Gasteiger partial charge in [-0.3, -0.25) is 4.79 Å². The van der Waals surface area contributed by atoms with Gasteiger partial charge in [0.05, 0.1) is 5.39 Å². The Morgan fingerprint density at radius 3 is 2.50 bits per heavy atom. The van der Waals surface area contributed by atoms with E-state index >= 15 is 0 Å². The second kappa shape index (κ2) is 4.56. The summed E-state index contributed by atoms with van der Waals surface area (Å²) in [5.41, 5.74) is 2.29. The maximum Gasteiger partial charge on any atom is 0.272 e. The molecule has 1 N–H and O–H groups in total. The molecule has 0 aliphatic heterocycles. The van der Waals surface area contributed by atoms with E-state index in [-0.39, 0.29) is 11.4 Å². The molecule has 0 saturated carbocycles. The predicted octanol–water partition coefficient (Wildman–Crippen LogP) is 3.35. The molecule has 0 atom stereocenters. The van der Waals surface area contributed by atoms with E-state index in [4.69, 9.17) is 0 Å². The normalized spacial score (nSPS) is 10.9. The van der Waals surface area contributed by atoms with Crippen molar-refractivity contribution in [3.63, 3.8) is 0 Å². The molecule has 100 valence electrons. The van der Waals surface area contributed by atoms with E-state index in [0.29, 0.717) is 22.0 Å². The summed E-state index contributed by atoms with van der Waals surface area (Å²) in [6.45, 7) is 3.69. The zero-order valence-corrected chi connectivity index (χ0v) is 11.2. The first kappa shape index (κ1) is 12.5. The van der Waals surface area contributed by atoms with Gasteiger partial charge in [-0.2, -0.15) is 5.10 Å². The smallest absolute Gasteiger partial charge is 0.267 e. The molecule has 4 heteroatoms. The van der Waals surface area contributed by atoms with Crippen LogP contribution in [0.4, 0.5) is 4.39 Å². The first-order chi connectivity index (χ1) is 9.58. The van der Waals surface area contributed by atoms with Crippen molar-refractivity contribution in [3.8, 4) is 11.3 Å². The fourth-order valence-corrected chi connectivity index (χ4v) is 2.52. The van der Waals surface area contributed by atoms with Gasteiger partial charge in [-0.05, 0) is 37.1 Å². The van der Waals surface area contributed by atoms with Crippen molar-refractivity contribution in [2.75, 3.05) is 0 Å². The van der Waals surface area contributed by atoms with Crippen LogP contribution >= 0.6 is 0 Å². The van der Waals surface area contributed by atoms with Gasteiger partial charge < -0.3 is 0 Å². The number of nitrogens with one attached hydrogen (secondary N) is 1. The van der Waals surface area contributed by atoms with Crippen molar-refractivity contribution in [2.45, 2.75) is 13.8 Å². The first-order valence-electron chi connectivity index (χ1n) is 6.32. The predicted molar refractivity (Wildman–Crippen MR) is 77.2 cm³/mol. The van der Waals surface area contributed by atoms with Gasteiger partial charge in [-0.25, -0.2) is 9.49 Å². The molecule has 20 heavy (non-hydrogen) atoms. The van der Waals surface area contributed by atoms with Gasteiger partial charge in [-0.1, -0.05) is 24.3 Å². The van der Waals surface area contributed by atoms with E-state index in [2.05, 4.69) is 10.2 Å². The molecule has 2 aromatic carbocycles. The molecule has 1 heterocycles. The number of fused-ring (bicyclic) bond motifs is 1. The van der Waals surface area contributed by atoms with Gasteiger partial charge >= 0.3 is 0 Å². The molecule has 0 bridgehead atoms. The van der Waals surface area contributed by atoms with Crippen LogP contribution in [0.1, 0.15) is 11.1 Å². The van der Waals surface area contributed by atoms with Gasteiger partial charge in [0.1, 0.15) is 11.5 Å². The Morgan fingerprint density at radius 1 is 1.10 bits per heavy atom. The number of aromatic amines is 1. The molecule has 0 fully saturated rings. The number of halogens is 1. The minimum atomic E-state index is -0.327. The molecule has 0 amide bonds. The highest BCUT2D eigenvalue weighted by Crippen LogP contribution is 2.30. The van der Waals surface area contributed by atoms with E-state index in [1.807, 2.05) is 26.0 Å². The van der Waals surface area contributed by atoms with Crippen LogP contribution in [0.3, 0.4) is 0 Å². The van der Waals surface area contributed by atoms with E-state index in [1.54, 1.807) is 18.2 Å². The van der Waals surface area contributed by atoms with Crippen LogP contribution in [0.5, 0.6) is 0 Å². The lowest BCUT2D eigenvalue weighted by Crippen LogP contribution is -2.10. The van der Waals surface area contributed by atoms with Crippen LogP contribution in [0.25, 0.3) is 22.0 Å². The molecule has 0 unspecified atom stereocenters. The van der Waals surface area contributed by atoms with Crippen molar-refractivity contribution >= 4 is 10.8 Å². The molecule has 0 aliphatic carbocycles. The summed E-state index contributed by atoms with van der Waals surface area (Å²) in [5.74, 6) is -0.327. The Labute approximate surface area is 115 Å². The van der Waals surface area contributed by atoms with Crippen molar-refractivity contribution < 1.29 is 4.39 Å². The van der Waals surface area contributed by atoms with Crippen LogP contribution in [0, 0.1) is 19.7 Å². The second-order valence-electron chi connectivity index (χ2n) is 4.89. The standard InChI is InChI=1S/C16H13FN2O/c1-9-7-10(2)14(13(17)8-9)15-11-5-3-4-6-12(11)16(20)19-18-15/h3-8H,1-2H3,(H,19,20). The summed E-state index contributed by atoms with van der Waals surface area (Å²) in [6, 6.07) is 10.5. The largest absolute Gasteiger partial charge is 0.272 e. The number of hydrogen-bond donors (Lipinski definition) is 1. The summed E-state index contributed by atoms with van der Waals surface area (Å²) in [4.78, 5) is 11.8. The number of H-pyrrole nitrogens is 1. The fraction of sp³-hybridized carbons (Fsp3) is 0.125. The third kappa shape index (κ3) is 1.90. The van der Waals surface area contributed by atoms with Crippen LogP contribution < -0.4 is 5.56 Å². The molecule has 0 spiro atoms. The lowest BCUT2D eigenvalue weighted by Gasteiger charge is -2.10. The lowest BCUT2D eigenvalue weighted by atomic mass is 9.98. The number of aromatic nitrogens is 2. The minimum absolute atomic E-state index is 0.269. The molecular formula is C16H13FN2O. The van der Waals surface area contributed by atoms with Gasteiger partial charge in [0.25, 0.3) is 5.56 Å². The van der Waals surface area contributed by atoms with E-state index in [1.165, 1.54) is 6.07 Å². The van der Waals surface area contributed by atoms with Gasteiger partial charge in [-0.15, -0.1) is 0 Å². The van der Waals surface area contributed by atoms with Gasteiger partial charge in [0, 0.05) is 10.9 Å². The highest BCUT2D eigenvalue weighted by Gasteiger charge is 2.15. The van der Waals surface area contributed by atoms with Gasteiger partial charge in [0.2, 0.25) is 0 Å². The van der Waals surface area contributed by atoms with E-state index in [9.17, 15) is 9.18 Å². The monoisotopic (exact) mass is 268 g/mol. The molecule has 3 nitrogen and oxygen atoms in total. The van der Waals surface area contributed by atoms with Crippen molar-refractivity contribution in [2.24, 2.45) is 0 Å². The molecule has 0 saturated heterocycles. The average molecular weight is 268 g/mol. The number of rotatable bonds is 1. The number of aryl methyl sites for hydroxylation is 2. The molecule has 3 aromatic rings. The van der Waals surface area contributed by atoms with Crippen LogP contribution in [0.15, 0.2) is 41.2 Å². The molecular weight excluding hydrogens is 255 g/mol. The summed E-state index contributed by atoms with van der Waals surface area (Å²) in [6.07, 6.45) is 0. The molecule has 0 radical (unpaired) electrons. The molecule has 0 aliphatic rings. The zero-order valence-electron chi connectivity index (χ0n) is 11.2. The SMILES string of the molecule is Cc1cc(C)c(-c2n[nH]c(=O)c3ccccc23)c(F)c1. The number of nitrogens with zero attached hydrogens (tertiary/aromatic N) is 1. The highest BCUT2D eigenvalue weighted by molar-refractivity contribution is 5.94. The Bertz CT molecular complexity index is 845. The lowest BCUT2D eigenvalue weighted by molar-refractivity contribution is 0.628. The Balaban J connectivity index is 2.42. The average Bonchev–Trinajstić information content (AvgIpc) is 2.40. The van der Waals surface area contributed by atoms with E-state index in [0.717, 1.165) is 11.1 Å². The third-order valence-electron chi connectivity index (χ3n) is 3.36.